The number of hydrogen-bond acceptors (Lipinski definition) is 5. The first-order chi connectivity index (χ1) is 14.5. The summed E-state index contributed by atoms with van der Waals surface area (Å²) in [7, 11) is 1.98. The van der Waals surface area contributed by atoms with E-state index in [9.17, 15) is 13.2 Å². The molecule has 0 spiro atoms. The number of nitrogens with zero attached hydrogens (tertiary/aromatic N) is 4. The average molecular weight is 439 g/mol. The number of rotatable bonds is 3. The van der Waals surface area contributed by atoms with Crippen LogP contribution in [0.1, 0.15) is 38.2 Å². The number of halogens is 3. The van der Waals surface area contributed by atoms with Crippen LogP contribution in [0.15, 0.2) is 24.5 Å². The first kappa shape index (κ1) is 23.1. The molecule has 2 fully saturated rings. The summed E-state index contributed by atoms with van der Waals surface area (Å²) in [6.07, 6.45) is 1.44. The minimum absolute atomic E-state index is 0.376. The Morgan fingerprint density at radius 1 is 1.35 bits per heavy atom. The van der Waals surface area contributed by atoms with E-state index in [2.05, 4.69) is 47.5 Å². The van der Waals surface area contributed by atoms with Crippen molar-refractivity contribution in [2.24, 2.45) is 12.5 Å². The molecule has 2 aliphatic heterocycles. The summed E-state index contributed by atoms with van der Waals surface area (Å²) < 4.78 is 33.6. The van der Waals surface area contributed by atoms with E-state index in [4.69, 9.17) is 14.9 Å². The van der Waals surface area contributed by atoms with Gasteiger partial charge in [0.1, 0.15) is 5.82 Å². The van der Waals surface area contributed by atoms with Gasteiger partial charge in [-0.2, -0.15) is 18.3 Å². The number of carboxylic acid groups (broad SMARTS) is 1. The predicted octanol–water partition coefficient (Wildman–Crippen LogP) is 3.43. The summed E-state index contributed by atoms with van der Waals surface area (Å²) in [4.78, 5) is 16.1. The highest BCUT2D eigenvalue weighted by Crippen LogP contribution is 2.36. The van der Waals surface area contributed by atoms with Crippen molar-refractivity contribution >= 4 is 11.8 Å². The van der Waals surface area contributed by atoms with Gasteiger partial charge in [-0.25, -0.2) is 9.78 Å². The minimum Gasteiger partial charge on any atom is -0.475 e. The Balaban J connectivity index is 0.000000339. The number of aromatic nitrogens is 3. The van der Waals surface area contributed by atoms with Crippen molar-refractivity contribution in [3.8, 4) is 11.3 Å². The highest BCUT2D eigenvalue weighted by molar-refractivity contribution is 5.73. The van der Waals surface area contributed by atoms with Crippen molar-refractivity contribution in [2.45, 2.75) is 38.8 Å². The van der Waals surface area contributed by atoms with Crippen molar-refractivity contribution in [3.05, 3.63) is 30.1 Å². The van der Waals surface area contributed by atoms with Crippen LogP contribution < -0.4 is 10.2 Å². The molecule has 2 saturated heterocycles. The summed E-state index contributed by atoms with van der Waals surface area (Å²) in [5.41, 5.74) is 4.02. The number of nitrogens with one attached hydrogen (secondary N) is 1. The second kappa shape index (κ2) is 8.86. The van der Waals surface area contributed by atoms with E-state index >= 15 is 0 Å². The Morgan fingerprint density at radius 3 is 2.55 bits per heavy atom. The summed E-state index contributed by atoms with van der Waals surface area (Å²) in [6.45, 7) is 8.97. The van der Waals surface area contributed by atoms with Crippen LogP contribution in [-0.2, 0) is 11.8 Å². The van der Waals surface area contributed by atoms with Gasteiger partial charge in [0.05, 0.1) is 5.69 Å². The Hall–Kier alpha value is -2.62. The molecule has 0 saturated carbocycles. The fraction of sp³-hybridized carbons (Fsp3) is 0.571. The highest BCUT2D eigenvalue weighted by Gasteiger charge is 2.38. The summed E-state index contributed by atoms with van der Waals surface area (Å²) in [5.74, 6) is -1.12. The van der Waals surface area contributed by atoms with Crippen LogP contribution in [0.3, 0.4) is 0 Å². The molecule has 2 aromatic rings. The maximum Gasteiger partial charge on any atom is 0.490 e. The number of hydrogen-bond donors (Lipinski definition) is 2. The molecule has 10 heteroatoms. The zero-order valence-corrected chi connectivity index (χ0v) is 17.9. The number of carbonyl (C=O) groups is 1. The highest BCUT2D eigenvalue weighted by atomic mass is 19.4. The smallest absolute Gasteiger partial charge is 0.475 e. The van der Waals surface area contributed by atoms with Gasteiger partial charge in [0.15, 0.2) is 0 Å². The largest absolute Gasteiger partial charge is 0.490 e. The maximum atomic E-state index is 10.6. The van der Waals surface area contributed by atoms with E-state index in [0.29, 0.717) is 11.3 Å². The minimum atomic E-state index is -5.08. The van der Waals surface area contributed by atoms with Gasteiger partial charge >= 0.3 is 12.1 Å². The van der Waals surface area contributed by atoms with Crippen molar-refractivity contribution in [1.82, 2.24) is 20.1 Å². The molecule has 1 atom stereocenters. The first-order valence-electron chi connectivity index (χ1n) is 10.2. The molecule has 31 heavy (non-hydrogen) atoms. The summed E-state index contributed by atoms with van der Waals surface area (Å²) >= 11 is 0. The van der Waals surface area contributed by atoms with Crippen molar-refractivity contribution in [1.29, 1.82) is 0 Å². The molecule has 0 aromatic carbocycles. The average Bonchev–Trinajstić information content (AvgIpc) is 3.42. The van der Waals surface area contributed by atoms with E-state index in [1.54, 1.807) is 0 Å². The molecule has 2 aliphatic rings. The molecule has 4 rings (SSSR count). The lowest BCUT2D eigenvalue weighted by Crippen LogP contribution is -2.23. The Bertz CT molecular complexity index is 920. The lowest BCUT2D eigenvalue weighted by atomic mass is 9.93. The van der Waals surface area contributed by atoms with Crippen molar-refractivity contribution in [3.63, 3.8) is 0 Å². The number of pyridine rings is 1. The van der Waals surface area contributed by atoms with Crippen molar-refractivity contribution in [2.75, 3.05) is 31.1 Å². The van der Waals surface area contributed by atoms with Crippen molar-refractivity contribution < 1.29 is 23.1 Å². The van der Waals surface area contributed by atoms with E-state index in [1.165, 1.54) is 24.0 Å². The van der Waals surface area contributed by atoms with E-state index in [-0.39, 0.29) is 0 Å². The molecule has 2 aromatic heterocycles. The van der Waals surface area contributed by atoms with Crippen LogP contribution in [0.5, 0.6) is 0 Å². The quantitative estimate of drug-likeness (QED) is 0.763. The van der Waals surface area contributed by atoms with Crippen LogP contribution >= 0.6 is 0 Å². The molecule has 7 nitrogen and oxygen atoms in total. The van der Waals surface area contributed by atoms with Gasteiger partial charge in [-0.3, -0.25) is 4.68 Å². The van der Waals surface area contributed by atoms with E-state index in [0.717, 1.165) is 37.7 Å². The Kier molecular flexibility index (Phi) is 6.59. The molecule has 4 heterocycles. The number of anilines is 1. The molecular formula is C21H28F3N5O2. The molecule has 2 N–H and O–H groups in total. The third kappa shape index (κ3) is 5.75. The van der Waals surface area contributed by atoms with Gasteiger partial charge in [-0.05, 0) is 48.4 Å². The van der Waals surface area contributed by atoms with E-state index in [1.807, 2.05) is 17.9 Å². The third-order valence-electron chi connectivity index (χ3n) is 5.65. The molecular weight excluding hydrogens is 411 g/mol. The molecule has 1 unspecified atom stereocenters. The van der Waals surface area contributed by atoms with Gasteiger partial charge in [0, 0.05) is 44.6 Å². The van der Waals surface area contributed by atoms with E-state index < -0.39 is 12.1 Å². The number of aliphatic carboxylic acids is 1. The first-order valence-corrected chi connectivity index (χ1v) is 10.2. The van der Waals surface area contributed by atoms with Gasteiger partial charge < -0.3 is 15.3 Å². The zero-order chi connectivity index (χ0) is 22.8. The third-order valence-corrected chi connectivity index (χ3v) is 5.65. The molecule has 170 valence electrons. The monoisotopic (exact) mass is 439 g/mol. The summed E-state index contributed by atoms with van der Waals surface area (Å²) in [5, 5.41) is 15.3. The van der Waals surface area contributed by atoms with Gasteiger partial charge in [0.2, 0.25) is 0 Å². The standard InChI is InChI=1S/C19H27N5.C2HF3O2/c1-19(2)6-9-24(13-19)18-10-15(17-5-8-23(3)22-17)16(12-21-18)14-4-7-20-11-14;3-2(4,5)1(6)7/h5,8,10,12,14,20H,4,6-7,9,11,13H2,1-3H3;(H,6,7). The van der Waals surface area contributed by atoms with Crippen LogP contribution in [0.2, 0.25) is 0 Å². The molecule has 0 radical (unpaired) electrons. The van der Waals surface area contributed by atoms with Gasteiger partial charge in [-0.15, -0.1) is 0 Å². The van der Waals surface area contributed by atoms with Crippen LogP contribution in [0.4, 0.5) is 19.0 Å². The number of alkyl halides is 3. The van der Waals surface area contributed by atoms with Gasteiger partial charge in [-0.1, -0.05) is 13.8 Å². The second-order valence-corrected chi connectivity index (χ2v) is 8.83. The zero-order valence-electron chi connectivity index (χ0n) is 17.9. The van der Waals surface area contributed by atoms with Gasteiger partial charge in [0.25, 0.3) is 0 Å². The van der Waals surface area contributed by atoms with Crippen LogP contribution in [0.25, 0.3) is 11.3 Å². The van der Waals surface area contributed by atoms with Crippen LogP contribution in [-0.4, -0.2) is 58.2 Å². The number of aryl methyl sites for hydroxylation is 1. The molecule has 0 bridgehead atoms. The number of carboxylic acids is 1. The lowest BCUT2D eigenvalue weighted by Gasteiger charge is -2.22. The Labute approximate surface area is 179 Å². The SMILES string of the molecule is Cn1ccc(-c2cc(N3CCC(C)(C)C3)ncc2C2CCNC2)n1.O=C(O)C(F)(F)F. The second-order valence-electron chi connectivity index (χ2n) is 8.83. The van der Waals surface area contributed by atoms with Crippen LogP contribution in [0, 0.1) is 5.41 Å². The normalized spacial score (nSPS) is 20.5. The summed E-state index contributed by atoms with van der Waals surface area (Å²) in [6, 6.07) is 4.37. The fourth-order valence-corrected chi connectivity index (χ4v) is 3.96. The maximum absolute atomic E-state index is 10.6. The fourth-order valence-electron chi connectivity index (χ4n) is 3.96. The predicted molar refractivity (Wildman–Crippen MR) is 111 cm³/mol. The lowest BCUT2D eigenvalue weighted by molar-refractivity contribution is -0.192. The topological polar surface area (TPSA) is 83.3 Å². The molecule has 0 aliphatic carbocycles. The molecule has 0 amide bonds. The Morgan fingerprint density at radius 2 is 2.06 bits per heavy atom.